The van der Waals surface area contributed by atoms with Crippen LogP contribution in [-0.4, -0.2) is 26.2 Å². The van der Waals surface area contributed by atoms with E-state index in [1.807, 2.05) is 30.3 Å². The standard InChI is InChI=1S/C23H18N2O5/c1-28-21(26)12-20(23(27)29-2)22(18(13-24)14-25)17-9-6-10-19(11-17)30-15-16-7-4-3-5-8-16/h3-12H,15H2,1-2H3/b20-12-. The van der Waals surface area contributed by atoms with Gasteiger partial charge in [0.25, 0.3) is 0 Å². The Morgan fingerprint density at radius 1 is 0.967 bits per heavy atom. The first-order chi connectivity index (χ1) is 14.5. The molecule has 0 aliphatic rings. The van der Waals surface area contributed by atoms with Crippen molar-refractivity contribution in [2.75, 3.05) is 14.2 Å². The molecule has 0 saturated heterocycles. The number of nitrogens with zero attached hydrogens (tertiary/aromatic N) is 2. The predicted octanol–water partition coefficient (Wildman–Crippen LogP) is 3.34. The molecule has 2 aromatic rings. The minimum atomic E-state index is -0.894. The molecule has 0 N–H and O–H groups in total. The first-order valence-electron chi connectivity index (χ1n) is 8.74. The molecule has 0 atom stereocenters. The Hall–Kier alpha value is -4.36. The minimum Gasteiger partial charge on any atom is -0.489 e. The number of methoxy groups -OCH3 is 2. The van der Waals surface area contributed by atoms with E-state index in [9.17, 15) is 20.1 Å². The highest BCUT2D eigenvalue weighted by Gasteiger charge is 2.23. The number of esters is 2. The number of carbonyl (C=O) groups excluding carboxylic acids is 2. The molecule has 0 heterocycles. The summed E-state index contributed by atoms with van der Waals surface area (Å²) < 4.78 is 15.1. The van der Waals surface area contributed by atoms with Crippen molar-refractivity contribution in [2.24, 2.45) is 0 Å². The van der Waals surface area contributed by atoms with Crippen LogP contribution >= 0.6 is 0 Å². The van der Waals surface area contributed by atoms with Crippen molar-refractivity contribution in [3.63, 3.8) is 0 Å². The molecule has 0 aromatic heterocycles. The van der Waals surface area contributed by atoms with Gasteiger partial charge >= 0.3 is 11.9 Å². The maximum atomic E-state index is 12.3. The third-order valence-corrected chi connectivity index (χ3v) is 3.98. The fraction of sp³-hybridized carbons (Fsp3) is 0.130. The Bertz CT molecular complexity index is 1060. The molecule has 0 spiro atoms. The Balaban J connectivity index is 2.53. The second kappa shape index (κ2) is 10.8. The van der Waals surface area contributed by atoms with Crippen LogP contribution in [0.15, 0.2) is 71.8 Å². The topological polar surface area (TPSA) is 109 Å². The normalized spacial score (nSPS) is 10.2. The van der Waals surface area contributed by atoms with Gasteiger partial charge in [0.1, 0.15) is 30.1 Å². The fourth-order valence-electron chi connectivity index (χ4n) is 2.57. The van der Waals surface area contributed by atoms with Gasteiger partial charge in [-0.15, -0.1) is 0 Å². The Morgan fingerprint density at radius 3 is 2.27 bits per heavy atom. The molecule has 0 amide bonds. The zero-order valence-corrected chi connectivity index (χ0v) is 16.4. The summed E-state index contributed by atoms with van der Waals surface area (Å²) in [6.07, 6.45) is 0.882. The molecule has 7 heteroatoms. The van der Waals surface area contributed by atoms with Crippen LogP contribution in [0.2, 0.25) is 0 Å². The van der Waals surface area contributed by atoms with E-state index >= 15 is 0 Å². The Morgan fingerprint density at radius 2 is 1.67 bits per heavy atom. The van der Waals surface area contributed by atoms with Gasteiger partial charge in [0, 0.05) is 11.6 Å². The molecule has 0 unspecified atom stereocenters. The smallest absolute Gasteiger partial charge is 0.338 e. The first-order valence-corrected chi connectivity index (χ1v) is 8.74. The first kappa shape index (κ1) is 21.9. The zero-order chi connectivity index (χ0) is 21.9. The van der Waals surface area contributed by atoms with Crippen molar-refractivity contribution in [3.05, 3.63) is 82.9 Å². The van der Waals surface area contributed by atoms with Gasteiger partial charge in [0.15, 0.2) is 0 Å². The number of benzene rings is 2. The van der Waals surface area contributed by atoms with Crippen molar-refractivity contribution in [2.45, 2.75) is 6.61 Å². The van der Waals surface area contributed by atoms with Crippen LogP contribution in [0.25, 0.3) is 5.57 Å². The average Bonchev–Trinajstić information content (AvgIpc) is 2.80. The van der Waals surface area contributed by atoms with E-state index in [1.54, 1.807) is 36.4 Å². The maximum Gasteiger partial charge on any atom is 0.338 e. The molecule has 0 bridgehead atoms. The molecule has 0 saturated carbocycles. The van der Waals surface area contributed by atoms with Gasteiger partial charge in [-0.1, -0.05) is 42.5 Å². The number of carbonyl (C=O) groups is 2. The molecule has 2 aromatic carbocycles. The van der Waals surface area contributed by atoms with Gasteiger partial charge in [0.2, 0.25) is 0 Å². The van der Waals surface area contributed by atoms with Crippen molar-refractivity contribution < 1.29 is 23.8 Å². The van der Waals surface area contributed by atoms with Crippen molar-refractivity contribution >= 4 is 17.5 Å². The van der Waals surface area contributed by atoms with Crippen LogP contribution in [0.5, 0.6) is 5.75 Å². The molecule has 0 aliphatic carbocycles. The second-order valence-corrected chi connectivity index (χ2v) is 5.85. The Kier molecular flexibility index (Phi) is 7.93. The summed E-state index contributed by atoms with van der Waals surface area (Å²) in [6, 6.07) is 19.5. The number of ether oxygens (including phenoxy) is 3. The molecule has 7 nitrogen and oxygen atoms in total. The highest BCUT2D eigenvalue weighted by Crippen LogP contribution is 2.30. The SMILES string of the molecule is COC(=O)/C=C(\C(=O)OC)C(=C(C#N)C#N)c1cccc(OCc2ccccc2)c1. The maximum absolute atomic E-state index is 12.3. The average molecular weight is 402 g/mol. The van der Waals surface area contributed by atoms with E-state index < -0.39 is 11.9 Å². The molecule has 0 fully saturated rings. The molecule has 30 heavy (non-hydrogen) atoms. The highest BCUT2D eigenvalue weighted by molar-refractivity contribution is 6.12. The zero-order valence-electron chi connectivity index (χ0n) is 16.4. The summed E-state index contributed by atoms with van der Waals surface area (Å²) >= 11 is 0. The lowest BCUT2D eigenvalue weighted by molar-refractivity contribution is -0.138. The van der Waals surface area contributed by atoms with Gasteiger partial charge in [-0.3, -0.25) is 0 Å². The lowest BCUT2D eigenvalue weighted by Gasteiger charge is -2.13. The van der Waals surface area contributed by atoms with Crippen LogP contribution < -0.4 is 4.74 Å². The molecule has 2 rings (SSSR count). The van der Waals surface area contributed by atoms with Crippen LogP contribution in [0.4, 0.5) is 0 Å². The quantitative estimate of drug-likeness (QED) is 0.302. The number of allylic oxidation sites excluding steroid dienone is 1. The van der Waals surface area contributed by atoms with Crippen LogP contribution in [0.3, 0.4) is 0 Å². The number of nitriles is 2. The molecular weight excluding hydrogens is 384 g/mol. The lowest BCUT2D eigenvalue weighted by atomic mass is 9.93. The molecule has 0 radical (unpaired) electrons. The van der Waals surface area contributed by atoms with Crippen LogP contribution in [-0.2, 0) is 25.7 Å². The minimum absolute atomic E-state index is 0.0533. The van der Waals surface area contributed by atoms with Crippen LogP contribution in [0.1, 0.15) is 11.1 Å². The van der Waals surface area contributed by atoms with E-state index in [0.717, 1.165) is 25.9 Å². The van der Waals surface area contributed by atoms with Gasteiger partial charge in [-0.2, -0.15) is 10.5 Å². The van der Waals surface area contributed by atoms with Gasteiger partial charge in [0.05, 0.1) is 19.8 Å². The van der Waals surface area contributed by atoms with Crippen molar-refractivity contribution in [1.82, 2.24) is 0 Å². The number of rotatable bonds is 7. The third-order valence-electron chi connectivity index (χ3n) is 3.98. The van der Waals surface area contributed by atoms with E-state index in [-0.39, 0.29) is 16.7 Å². The molecule has 150 valence electrons. The fourth-order valence-corrected chi connectivity index (χ4v) is 2.57. The van der Waals surface area contributed by atoms with E-state index in [1.165, 1.54) is 0 Å². The van der Waals surface area contributed by atoms with E-state index in [4.69, 9.17) is 9.47 Å². The van der Waals surface area contributed by atoms with Gasteiger partial charge in [-0.05, 0) is 23.3 Å². The highest BCUT2D eigenvalue weighted by atomic mass is 16.5. The predicted molar refractivity (Wildman–Crippen MR) is 107 cm³/mol. The van der Waals surface area contributed by atoms with E-state index in [0.29, 0.717) is 17.9 Å². The van der Waals surface area contributed by atoms with Gasteiger partial charge in [-0.25, -0.2) is 9.59 Å². The van der Waals surface area contributed by atoms with Crippen molar-refractivity contribution in [1.29, 1.82) is 10.5 Å². The summed E-state index contributed by atoms with van der Waals surface area (Å²) in [5.41, 5.74) is 0.592. The summed E-state index contributed by atoms with van der Waals surface area (Å²) in [5.74, 6) is -1.28. The summed E-state index contributed by atoms with van der Waals surface area (Å²) in [6.45, 7) is 0.300. The van der Waals surface area contributed by atoms with Gasteiger partial charge < -0.3 is 14.2 Å². The second-order valence-electron chi connectivity index (χ2n) is 5.85. The largest absolute Gasteiger partial charge is 0.489 e. The molecular formula is C23H18N2O5. The summed E-state index contributed by atoms with van der Waals surface area (Å²) in [4.78, 5) is 24.1. The summed E-state index contributed by atoms with van der Waals surface area (Å²) in [7, 11) is 2.27. The number of hydrogen-bond donors (Lipinski definition) is 0. The third kappa shape index (κ3) is 5.57. The monoisotopic (exact) mass is 402 g/mol. The number of hydrogen-bond acceptors (Lipinski definition) is 7. The summed E-state index contributed by atoms with van der Waals surface area (Å²) in [5, 5.41) is 18.8. The van der Waals surface area contributed by atoms with Crippen LogP contribution in [0, 0.1) is 22.7 Å². The molecule has 0 aliphatic heterocycles. The van der Waals surface area contributed by atoms with Crippen molar-refractivity contribution in [3.8, 4) is 17.9 Å². The van der Waals surface area contributed by atoms with E-state index in [2.05, 4.69) is 4.74 Å². The lowest BCUT2D eigenvalue weighted by Crippen LogP contribution is -2.11. The Labute approximate surface area is 174 Å².